The van der Waals surface area contributed by atoms with Crippen LogP contribution in [0, 0.1) is 24.2 Å². The Bertz CT molecular complexity index is 1370. The molecule has 2 amide bonds. The molecule has 1 aliphatic rings. The monoisotopic (exact) mass is 597 g/mol. The molecule has 0 unspecified atom stereocenters. The maximum absolute atomic E-state index is 12.3. The van der Waals surface area contributed by atoms with Crippen LogP contribution in [-0.4, -0.2) is 86.0 Å². The summed E-state index contributed by atoms with van der Waals surface area (Å²) in [4.78, 5) is 39.2. The van der Waals surface area contributed by atoms with E-state index in [4.69, 9.17) is 10.5 Å². The summed E-state index contributed by atoms with van der Waals surface area (Å²) in [5.41, 5.74) is 4.69. The van der Waals surface area contributed by atoms with E-state index >= 15 is 0 Å². The van der Waals surface area contributed by atoms with Crippen molar-refractivity contribution in [3.8, 4) is 24.2 Å². The summed E-state index contributed by atoms with van der Waals surface area (Å²) < 4.78 is 77.0. The number of anilines is 1. The van der Waals surface area contributed by atoms with Crippen molar-refractivity contribution in [2.45, 2.75) is 51.1 Å². The molecule has 0 spiro atoms. The highest BCUT2D eigenvalue weighted by molar-refractivity contribution is 5.83. The summed E-state index contributed by atoms with van der Waals surface area (Å²) in [7, 11) is 0. The number of aliphatic hydroxyl groups excluding tert-OH is 2. The number of nitrogens with two attached hydrogens (primary N) is 1. The maximum atomic E-state index is 12.3. The zero-order valence-corrected chi connectivity index (χ0v) is 21.4. The number of hydrogen-bond donors (Lipinski definition) is 6. The number of hydrogen-bond acceptors (Lipinski definition) is 9. The van der Waals surface area contributed by atoms with Gasteiger partial charge in [-0.1, -0.05) is 25.7 Å². The van der Waals surface area contributed by atoms with Gasteiger partial charge >= 0.3 is 24.2 Å². The number of nitrogens with zero attached hydrogens (tertiary/aromatic N) is 3. The van der Waals surface area contributed by atoms with Gasteiger partial charge in [-0.2, -0.15) is 36.4 Å². The van der Waals surface area contributed by atoms with Crippen molar-refractivity contribution in [3.05, 3.63) is 16.0 Å². The first-order valence-corrected chi connectivity index (χ1v) is 11.4. The van der Waals surface area contributed by atoms with E-state index < -0.39 is 67.9 Å². The SMILES string of the molecule is C#CCNC(=O)C(F)(F)F.CC.Nc1nc2c(c(C#CCNC(=O)C(F)(F)F)nn2[C@H]2C[C@@H](O)[C@@H](CO)O2)c(=O)[nH]1. The Kier molecular flexibility index (Phi) is 12.6. The molecule has 2 aromatic heterocycles. The minimum absolute atomic E-state index is 0.0225. The molecule has 2 aromatic rings. The van der Waals surface area contributed by atoms with Crippen LogP contribution in [0.3, 0.4) is 0 Å². The molecular formula is C22H25F6N7O6. The van der Waals surface area contributed by atoms with Gasteiger partial charge in [0.2, 0.25) is 5.95 Å². The van der Waals surface area contributed by atoms with Crippen molar-refractivity contribution in [2.75, 3.05) is 25.4 Å². The summed E-state index contributed by atoms with van der Waals surface area (Å²) in [6.45, 7) is 2.51. The van der Waals surface area contributed by atoms with Gasteiger partial charge < -0.3 is 31.3 Å². The van der Waals surface area contributed by atoms with Crippen LogP contribution < -0.4 is 21.9 Å². The van der Waals surface area contributed by atoms with Crippen LogP contribution in [0.4, 0.5) is 32.3 Å². The third-order valence-electron chi connectivity index (χ3n) is 4.65. The molecule has 1 saturated heterocycles. The maximum Gasteiger partial charge on any atom is 0.471 e. The van der Waals surface area contributed by atoms with Crippen molar-refractivity contribution in [3.63, 3.8) is 0 Å². The van der Waals surface area contributed by atoms with Gasteiger partial charge in [0, 0.05) is 6.42 Å². The molecule has 3 rings (SSSR count). The van der Waals surface area contributed by atoms with Gasteiger partial charge in [-0.3, -0.25) is 19.4 Å². The highest BCUT2D eigenvalue weighted by Gasteiger charge is 2.39. The second-order valence-corrected chi connectivity index (χ2v) is 7.42. The highest BCUT2D eigenvalue weighted by Crippen LogP contribution is 2.30. The lowest BCUT2D eigenvalue weighted by Crippen LogP contribution is -2.36. The van der Waals surface area contributed by atoms with Crippen LogP contribution in [0.2, 0.25) is 0 Å². The Morgan fingerprint density at radius 3 is 2.22 bits per heavy atom. The van der Waals surface area contributed by atoms with E-state index in [0.717, 1.165) is 4.68 Å². The molecule has 3 atom stereocenters. The number of nitrogen functional groups attached to an aromatic ring is 1. The molecule has 0 saturated carbocycles. The van der Waals surface area contributed by atoms with Gasteiger partial charge in [0.25, 0.3) is 5.56 Å². The molecule has 1 aliphatic heterocycles. The Morgan fingerprint density at radius 1 is 1.17 bits per heavy atom. The first kappa shape index (κ1) is 34.7. The smallest absolute Gasteiger partial charge is 0.394 e. The molecule has 3 heterocycles. The van der Waals surface area contributed by atoms with Crippen LogP contribution in [0.25, 0.3) is 11.0 Å². The number of halogens is 6. The fourth-order valence-electron chi connectivity index (χ4n) is 2.96. The molecule has 226 valence electrons. The molecule has 0 bridgehead atoms. The number of carbonyl (C=O) groups excluding carboxylic acids is 2. The predicted molar refractivity (Wildman–Crippen MR) is 129 cm³/mol. The topological polar surface area (TPSA) is 197 Å². The number of ether oxygens (including phenoxy) is 1. The van der Waals surface area contributed by atoms with E-state index in [0.29, 0.717) is 0 Å². The fraction of sp³-hybridized carbons (Fsp3) is 0.500. The fourth-order valence-corrected chi connectivity index (χ4v) is 2.96. The van der Waals surface area contributed by atoms with Crippen LogP contribution in [-0.2, 0) is 14.3 Å². The Labute approximate surface area is 227 Å². The van der Waals surface area contributed by atoms with Crippen LogP contribution in [0.1, 0.15) is 32.2 Å². The standard InChI is InChI=1S/C15H15F3N6O5.C5H4F3NO.C2H6/c16-15(17,18)13(28)20-3-1-2-6-10-11(21-14(19)22-12(10)27)24(23-6)9-4-7(26)8(5-25)29-9;1-2-3-9-4(10)5(6,7)8;1-2/h7-9,25-26H,3-5H2,(H,20,28)(H3,19,21,22,27);1H,3H2,(H,9,10);1-2H3/t7-,8-,9-;;/m1../s1. The van der Waals surface area contributed by atoms with Crippen molar-refractivity contribution < 1.29 is 50.9 Å². The van der Waals surface area contributed by atoms with E-state index in [1.807, 2.05) is 19.8 Å². The quantitative estimate of drug-likeness (QED) is 0.202. The number of carbonyl (C=O) groups is 2. The molecule has 7 N–H and O–H groups in total. The number of alkyl halides is 6. The molecule has 0 aliphatic carbocycles. The molecule has 13 nitrogen and oxygen atoms in total. The van der Waals surface area contributed by atoms with Crippen molar-refractivity contribution in [1.29, 1.82) is 0 Å². The largest absolute Gasteiger partial charge is 0.471 e. The number of aromatic amines is 1. The third kappa shape index (κ3) is 9.67. The Balaban J connectivity index is 0.000000594. The van der Waals surface area contributed by atoms with E-state index in [1.54, 1.807) is 5.32 Å². The number of fused-ring (bicyclic) bond motifs is 1. The van der Waals surface area contributed by atoms with Crippen molar-refractivity contribution in [1.82, 2.24) is 30.4 Å². The first-order valence-electron chi connectivity index (χ1n) is 11.4. The minimum Gasteiger partial charge on any atom is -0.394 e. The van der Waals surface area contributed by atoms with Crippen LogP contribution in [0.15, 0.2) is 4.79 Å². The van der Waals surface area contributed by atoms with Gasteiger partial charge in [0.1, 0.15) is 11.5 Å². The van der Waals surface area contributed by atoms with Crippen molar-refractivity contribution >= 4 is 28.8 Å². The third-order valence-corrected chi connectivity index (χ3v) is 4.65. The van der Waals surface area contributed by atoms with E-state index in [2.05, 4.69) is 33.3 Å². The predicted octanol–water partition coefficient (Wildman–Crippen LogP) is -0.303. The summed E-state index contributed by atoms with van der Waals surface area (Å²) in [5.74, 6) is 2.13. The normalized spacial score (nSPS) is 18.0. The lowest BCUT2D eigenvalue weighted by molar-refractivity contribution is -0.173. The van der Waals surface area contributed by atoms with Gasteiger partial charge in [-0.05, 0) is 5.92 Å². The zero-order valence-electron chi connectivity index (χ0n) is 21.4. The summed E-state index contributed by atoms with van der Waals surface area (Å²) in [6, 6.07) is 0. The molecular weight excluding hydrogens is 572 g/mol. The summed E-state index contributed by atoms with van der Waals surface area (Å²) in [6.07, 6.45) is -8.01. The van der Waals surface area contributed by atoms with Crippen LogP contribution in [0.5, 0.6) is 0 Å². The van der Waals surface area contributed by atoms with Gasteiger partial charge in [-0.25, -0.2) is 4.68 Å². The molecule has 0 aromatic carbocycles. The molecule has 19 heteroatoms. The summed E-state index contributed by atoms with van der Waals surface area (Å²) >= 11 is 0. The average molecular weight is 597 g/mol. The van der Waals surface area contributed by atoms with Crippen LogP contribution >= 0.6 is 0 Å². The van der Waals surface area contributed by atoms with Gasteiger partial charge in [0.05, 0.1) is 25.8 Å². The van der Waals surface area contributed by atoms with Gasteiger partial charge in [-0.15, -0.1) is 6.42 Å². The number of nitrogens with one attached hydrogen (secondary N) is 3. The number of aliphatic hydroxyl groups is 2. The number of aromatic nitrogens is 4. The van der Waals surface area contributed by atoms with Gasteiger partial charge in [0.15, 0.2) is 17.6 Å². The average Bonchev–Trinajstić information content (AvgIpc) is 3.45. The number of rotatable bonds is 4. The van der Waals surface area contributed by atoms with Crippen molar-refractivity contribution in [2.24, 2.45) is 0 Å². The first-order chi connectivity index (χ1) is 19.1. The van der Waals surface area contributed by atoms with E-state index in [1.165, 1.54) is 5.32 Å². The second kappa shape index (κ2) is 14.9. The van der Waals surface area contributed by atoms with E-state index in [-0.39, 0.29) is 29.1 Å². The summed E-state index contributed by atoms with van der Waals surface area (Å²) in [5, 5.41) is 26.1. The minimum atomic E-state index is -5.04. The van der Waals surface area contributed by atoms with E-state index in [9.17, 15) is 50.9 Å². The second-order valence-electron chi connectivity index (χ2n) is 7.42. The zero-order chi connectivity index (χ0) is 31.5. The highest BCUT2D eigenvalue weighted by atomic mass is 19.4. The molecule has 0 radical (unpaired) electrons. The lowest BCUT2D eigenvalue weighted by atomic mass is 10.2. The Hall–Kier alpha value is -4.33. The molecule has 41 heavy (non-hydrogen) atoms. The Morgan fingerprint density at radius 2 is 1.73 bits per heavy atom. The number of amides is 2. The number of terminal acetylenes is 1. The molecule has 1 fully saturated rings. The lowest BCUT2D eigenvalue weighted by Gasteiger charge is -2.12. The number of H-pyrrole nitrogens is 1.